The predicted molar refractivity (Wildman–Crippen MR) is 51.2 cm³/mol. The summed E-state index contributed by atoms with van der Waals surface area (Å²) in [6, 6.07) is 0.547. The van der Waals surface area contributed by atoms with E-state index in [1.807, 2.05) is 24.0 Å². The Bertz CT molecular complexity index is 225. The number of imidazole rings is 1. The zero-order valence-corrected chi connectivity index (χ0v) is 8.04. The topological polar surface area (TPSA) is 29.9 Å². The molecule has 0 aromatic carbocycles. The van der Waals surface area contributed by atoms with E-state index in [-0.39, 0.29) is 0 Å². The Hall–Kier alpha value is -0.990. The molecule has 0 bridgehead atoms. The molecule has 12 heavy (non-hydrogen) atoms. The van der Waals surface area contributed by atoms with Crippen LogP contribution in [-0.4, -0.2) is 15.6 Å². The van der Waals surface area contributed by atoms with E-state index < -0.39 is 0 Å². The van der Waals surface area contributed by atoms with E-state index in [1.54, 1.807) is 0 Å². The van der Waals surface area contributed by atoms with Crippen molar-refractivity contribution in [2.45, 2.75) is 32.7 Å². The fraction of sp³-hybridized carbons (Fsp3) is 0.667. The molecule has 0 saturated carbocycles. The van der Waals surface area contributed by atoms with Gasteiger partial charge in [0.25, 0.3) is 0 Å². The van der Waals surface area contributed by atoms with Crippen LogP contribution in [0.1, 0.15) is 26.7 Å². The third kappa shape index (κ3) is 2.00. The standard InChI is InChI=1S/C9H17N3/c1-4-8(5-2)11-9-10-6-7-12(9)3/h6-8H,4-5H2,1-3H3,(H,10,11). The average Bonchev–Trinajstić information content (AvgIpc) is 2.47. The predicted octanol–water partition coefficient (Wildman–Crippen LogP) is 2.02. The van der Waals surface area contributed by atoms with Crippen LogP contribution in [0.2, 0.25) is 0 Å². The van der Waals surface area contributed by atoms with Gasteiger partial charge in [0, 0.05) is 25.5 Å². The van der Waals surface area contributed by atoms with Crippen LogP contribution in [0.3, 0.4) is 0 Å². The first-order valence-corrected chi connectivity index (χ1v) is 4.51. The Kier molecular flexibility index (Phi) is 3.14. The van der Waals surface area contributed by atoms with Crippen molar-refractivity contribution in [2.75, 3.05) is 5.32 Å². The van der Waals surface area contributed by atoms with E-state index in [4.69, 9.17) is 0 Å². The highest BCUT2D eigenvalue weighted by Gasteiger charge is 2.04. The van der Waals surface area contributed by atoms with Gasteiger partial charge in [-0.2, -0.15) is 0 Å². The molecule has 1 N–H and O–H groups in total. The van der Waals surface area contributed by atoms with Crippen molar-refractivity contribution >= 4 is 5.95 Å². The van der Waals surface area contributed by atoms with Gasteiger partial charge in [0.1, 0.15) is 0 Å². The zero-order valence-electron chi connectivity index (χ0n) is 8.04. The summed E-state index contributed by atoms with van der Waals surface area (Å²) in [5, 5.41) is 3.38. The third-order valence-corrected chi connectivity index (χ3v) is 2.14. The SMILES string of the molecule is CCC(CC)Nc1nccn1C. The first-order valence-electron chi connectivity index (χ1n) is 4.51. The van der Waals surface area contributed by atoms with Gasteiger partial charge in [-0.3, -0.25) is 0 Å². The summed E-state index contributed by atoms with van der Waals surface area (Å²) < 4.78 is 2.00. The summed E-state index contributed by atoms with van der Waals surface area (Å²) in [6.07, 6.45) is 6.04. The second-order valence-corrected chi connectivity index (χ2v) is 3.02. The van der Waals surface area contributed by atoms with Crippen LogP contribution in [0.5, 0.6) is 0 Å². The summed E-state index contributed by atoms with van der Waals surface area (Å²) in [7, 11) is 2.00. The first kappa shape index (κ1) is 9.10. The molecule has 0 unspecified atom stereocenters. The molecule has 0 saturated heterocycles. The van der Waals surface area contributed by atoms with Crippen LogP contribution < -0.4 is 5.32 Å². The fourth-order valence-corrected chi connectivity index (χ4v) is 1.18. The second-order valence-electron chi connectivity index (χ2n) is 3.02. The van der Waals surface area contributed by atoms with Gasteiger partial charge in [-0.1, -0.05) is 13.8 Å². The van der Waals surface area contributed by atoms with Crippen LogP contribution in [0.15, 0.2) is 12.4 Å². The number of anilines is 1. The molecule has 0 aliphatic heterocycles. The lowest BCUT2D eigenvalue weighted by molar-refractivity contribution is 0.659. The van der Waals surface area contributed by atoms with Crippen LogP contribution >= 0.6 is 0 Å². The van der Waals surface area contributed by atoms with Crippen molar-refractivity contribution < 1.29 is 0 Å². The van der Waals surface area contributed by atoms with Crippen LogP contribution in [0.4, 0.5) is 5.95 Å². The molecule has 1 aromatic rings. The molecule has 0 aliphatic rings. The van der Waals surface area contributed by atoms with Gasteiger partial charge in [0.2, 0.25) is 5.95 Å². The number of hydrogen-bond donors (Lipinski definition) is 1. The molecular weight excluding hydrogens is 150 g/mol. The van der Waals surface area contributed by atoms with Gasteiger partial charge in [-0.15, -0.1) is 0 Å². The lowest BCUT2D eigenvalue weighted by Gasteiger charge is -2.14. The van der Waals surface area contributed by atoms with Crippen molar-refractivity contribution in [3.8, 4) is 0 Å². The molecule has 1 heterocycles. The molecule has 0 aliphatic carbocycles. The number of aryl methyl sites for hydroxylation is 1. The lowest BCUT2D eigenvalue weighted by atomic mass is 10.2. The highest BCUT2D eigenvalue weighted by Crippen LogP contribution is 2.07. The van der Waals surface area contributed by atoms with Gasteiger partial charge >= 0.3 is 0 Å². The first-order chi connectivity index (χ1) is 5.77. The minimum Gasteiger partial charge on any atom is -0.353 e. The Morgan fingerprint density at radius 3 is 2.58 bits per heavy atom. The fourth-order valence-electron chi connectivity index (χ4n) is 1.18. The van der Waals surface area contributed by atoms with Gasteiger partial charge in [-0.25, -0.2) is 4.98 Å². The van der Waals surface area contributed by atoms with E-state index in [1.165, 1.54) is 0 Å². The summed E-state index contributed by atoms with van der Waals surface area (Å²) >= 11 is 0. The molecule has 0 spiro atoms. The number of nitrogens with zero attached hydrogens (tertiary/aromatic N) is 2. The van der Waals surface area contributed by atoms with Crippen LogP contribution in [0.25, 0.3) is 0 Å². The monoisotopic (exact) mass is 167 g/mol. The van der Waals surface area contributed by atoms with Gasteiger partial charge in [0.05, 0.1) is 0 Å². The molecule has 1 rings (SSSR count). The van der Waals surface area contributed by atoms with Crippen molar-refractivity contribution in [3.05, 3.63) is 12.4 Å². The van der Waals surface area contributed by atoms with E-state index >= 15 is 0 Å². The summed E-state index contributed by atoms with van der Waals surface area (Å²) in [6.45, 7) is 4.37. The maximum Gasteiger partial charge on any atom is 0.202 e. The Labute approximate surface area is 73.8 Å². The molecule has 0 amide bonds. The Morgan fingerprint density at radius 1 is 1.50 bits per heavy atom. The summed E-state index contributed by atoms with van der Waals surface area (Å²) in [5.74, 6) is 0.962. The average molecular weight is 167 g/mol. The lowest BCUT2D eigenvalue weighted by Crippen LogP contribution is -2.19. The molecule has 1 aromatic heterocycles. The number of aromatic nitrogens is 2. The highest BCUT2D eigenvalue weighted by atomic mass is 15.2. The van der Waals surface area contributed by atoms with Gasteiger partial charge in [-0.05, 0) is 12.8 Å². The summed E-state index contributed by atoms with van der Waals surface area (Å²) in [5.41, 5.74) is 0. The van der Waals surface area contributed by atoms with Crippen LogP contribution in [0, 0.1) is 0 Å². The number of nitrogens with one attached hydrogen (secondary N) is 1. The summed E-state index contributed by atoms with van der Waals surface area (Å²) in [4.78, 5) is 4.20. The minimum atomic E-state index is 0.547. The highest BCUT2D eigenvalue weighted by molar-refractivity contribution is 5.26. The van der Waals surface area contributed by atoms with E-state index in [0.717, 1.165) is 18.8 Å². The van der Waals surface area contributed by atoms with E-state index in [2.05, 4.69) is 24.1 Å². The van der Waals surface area contributed by atoms with Gasteiger partial charge < -0.3 is 9.88 Å². The molecule has 0 radical (unpaired) electrons. The Morgan fingerprint density at radius 2 is 2.17 bits per heavy atom. The molecule has 3 heteroatoms. The smallest absolute Gasteiger partial charge is 0.202 e. The molecule has 0 atom stereocenters. The van der Waals surface area contributed by atoms with Crippen molar-refractivity contribution in [2.24, 2.45) is 7.05 Å². The molecule has 3 nitrogen and oxygen atoms in total. The largest absolute Gasteiger partial charge is 0.353 e. The number of hydrogen-bond acceptors (Lipinski definition) is 2. The van der Waals surface area contributed by atoms with E-state index in [0.29, 0.717) is 6.04 Å². The van der Waals surface area contributed by atoms with E-state index in [9.17, 15) is 0 Å². The molecular formula is C9H17N3. The molecule has 68 valence electrons. The zero-order chi connectivity index (χ0) is 8.97. The van der Waals surface area contributed by atoms with Crippen LogP contribution in [-0.2, 0) is 7.05 Å². The normalized spacial score (nSPS) is 10.7. The maximum atomic E-state index is 4.20. The van der Waals surface area contributed by atoms with Crippen molar-refractivity contribution in [1.29, 1.82) is 0 Å². The number of rotatable bonds is 4. The Balaban J connectivity index is 2.56. The quantitative estimate of drug-likeness (QED) is 0.743. The van der Waals surface area contributed by atoms with Crippen molar-refractivity contribution in [1.82, 2.24) is 9.55 Å². The maximum absolute atomic E-state index is 4.20. The third-order valence-electron chi connectivity index (χ3n) is 2.14. The molecule has 0 fully saturated rings. The minimum absolute atomic E-state index is 0.547. The van der Waals surface area contributed by atoms with Crippen molar-refractivity contribution in [3.63, 3.8) is 0 Å². The second kappa shape index (κ2) is 4.14. The van der Waals surface area contributed by atoms with Gasteiger partial charge in [0.15, 0.2) is 0 Å².